The second-order valence-corrected chi connectivity index (χ2v) is 14.9. The Morgan fingerprint density at radius 2 is 1.30 bits per heavy atom. The number of ether oxygens (including phenoxy) is 1. The van der Waals surface area contributed by atoms with Crippen molar-refractivity contribution in [1.29, 1.82) is 0 Å². The molecule has 0 radical (unpaired) electrons. The van der Waals surface area contributed by atoms with E-state index in [1.165, 1.54) is 10.5 Å². The molecule has 46 heavy (non-hydrogen) atoms. The average Bonchev–Trinajstić information content (AvgIpc) is 3.11. The number of rotatable bonds is 4. The Bertz CT molecular complexity index is 1460. The Kier molecular flexibility index (Phi) is 12.4. The number of carbonyl (C=O) groups excluding carboxylic acids is 3. The molecule has 252 valence electrons. The van der Waals surface area contributed by atoms with E-state index in [9.17, 15) is 14.4 Å². The predicted molar refractivity (Wildman–Crippen MR) is 189 cm³/mol. The molecule has 0 aromatic heterocycles. The van der Waals surface area contributed by atoms with Gasteiger partial charge < -0.3 is 14.5 Å². The van der Waals surface area contributed by atoms with Gasteiger partial charge in [0.25, 0.3) is 0 Å². The van der Waals surface area contributed by atoms with Crippen LogP contribution in [0.3, 0.4) is 0 Å². The van der Waals surface area contributed by atoms with Crippen molar-refractivity contribution in [2.75, 3.05) is 30.4 Å². The maximum absolute atomic E-state index is 13.0. The number of halogens is 2. The van der Waals surface area contributed by atoms with Crippen molar-refractivity contribution in [3.63, 3.8) is 0 Å². The topological polar surface area (TPSA) is 73.4 Å². The molecule has 0 saturated heterocycles. The molecular weight excluding hydrogens is 623 g/mol. The zero-order chi connectivity index (χ0) is 34.7. The number of allylic oxidation sites excluding steroid dienone is 1. The minimum atomic E-state index is -0.628. The summed E-state index contributed by atoms with van der Waals surface area (Å²) in [7, 11) is 3.58. The minimum Gasteiger partial charge on any atom is -0.444 e. The molecule has 4 rings (SSSR count). The summed E-state index contributed by atoms with van der Waals surface area (Å²) in [6, 6.07) is 10.4. The summed E-state index contributed by atoms with van der Waals surface area (Å²) in [6.07, 6.45) is 1.69. The number of fused-ring (bicyclic) bond motifs is 2. The number of hydrogen-bond donors (Lipinski definition) is 0. The fraction of sp³-hybridized carbons (Fsp3) is 0.528. The molecule has 2 unspecified atom stereocenters. The normalized spacial score (nSPS) is 18.8. The van der Waals surface area contributed by atoms with Gasteiger partial charge in [-0.2, -0.15) is 0 Å². The van der Waals surface area contributed by atoms with E-state index in [4.69, 9.17) is 27.9 Å². The Balaban J connectivity index is 0.000000251. The predicted octanol–water partition coefficient (Wildman–Crippen LogP) is 8.19. The summed E-state index contributed by atoms with van der Waals surface area (Å²) in [5.74, 6) is 0.234. The van der Waals surface area contributed by atoms with Crippen LogP contribution in [0.2, 0.25) is 10.0 Å². The lowest BCUT2D eigenvalue weighted by atomic mass is 10.0. The van der Waals surface area contributed by atoms with Crippen molar-refractivity contribution >= 4 is 52.5 Å². The van der Waals surface area contributed by atoms with Gasteiger partial charge in [0.05, 0.1) is 12.6 Å². The highest BCUT2D eigenvalue weighted by molar-refractivity contribution is 6.31. The monoisotopic (exact) mass is 672 g/mol. The first-order chi connectivity index (χ1) is 21.3. The van der Waals surface area contributed by atoms with E-state index >= 15 is 0 Å². The van der Waals surface area contributed by atoms with Crippen molar-refractivity contribution in [2.45, 2.75) is 93.1 Å². The number of anilines is 2. The number of hydrogen-bond acceptors (Lipinski definition) is 5. The van der Waals surface area contributed by atoms with Gasteiger partial charge in [0.15, 0.2) is 0 Å². The first-order valence-electron chi connectivity index (χ1n) is 15.8. The van der Waals surface area contributed by atoms with E-state index in [2.05, 4.69) is 38.7 Å². The lowest BCUT2D eigenvalue weighted by Crippen LogP contribution is -2.51. The molecule has 8 nitrogen and oxygen atoms in total. The number of nitrogens with zero attached hydrogens (tertiary/aromatic N) is 4. The number of amides is 3. The highest BCUT2D eigenvalue weighted by Gasteiger charge is 2.40. The van der Waals surface area contributed by atoms with Crippen LogP contribution in [-0.2, 0) is 27.4 Å². The van der Waals surface area contributed by atoms with Crippen LogP contribution in [0.4, 0.5) is 16.2 Å². The van der Waals surface area contributed by atoms with Gasteiger partial charge in [-0.3, -0.25) is 19.4 Å². The molecule has 0 spiro atoms. The van der Waals surface area contributed by atoms with Crippen LogP contribution >= 0.6 is 23.2 Å². The standard InChI is InChI=1S/C18H25ClN2O3.C18H25ClN2O/c1-11(2)15-16(22)20(6)14-8-7-13(19)9-12(14)10-21(15)17(23)24-18(3,4)5;1-12(2)8-9-21-11-14-10-15(19)6-7-16(14)20(5)18(22)17(21)13(3)4/h7-9,11,15H,10H2,1-6H3;6-8,10,13,17H,9,11H2,1-5H3. The molecule has 2 atom stereocenters. The summed E-state index contributed by atoms with van der Waals surface area (Å²) >= 11 is 12.3. The molecule has 10 heteroatoms. The number of likely N-dealkylation sites (N-methyl/N-ethyl adjacent to an activating group) is 2. The highest BCUT2D eigenvalue weighted by Crippen LogP contribution is 2.33. The second kappa shape index (κ2) is 15.2. The third-order valence-electron chi connectivity index (χ3n) is 8.04. The SMILES string of the molecule is CC(C)=CCN1Cc2cc(Cl)ccc2N(C)C(=O)C1C(C)C.CC(C)C1C(=O)N(C)c2ccc(Cl)cc2CN1C(=O)OC(C)(C)C. The molecule has 2 heterocycles. The van der Waals surface area contributed by atoms with Gasteiger partial charge in [-0.05, 0) is 94.0 Å². The van der Waals surface area contributed by atoms with Gasteiger partial charge in [0.2, 0.25) is 11.8 Å². The summed E-state index contributed by atoms with van der Waals surface area (Å²) in [5, 5.41) is 1.28. The second-order valence-electron chi connectivity index (χ2n) is 14.0. The van der Waals surface area contributed by atoms with Gasteiger partial charge >= 0.3 is 6.09 Å². The van der Waals surface area contributed by atoms with E-state index in [1.807, 2.05) is 65.9 Å². The Hall–Kier alpha value is -3.07. The smallest absolute Gasteiger partial charge is 0.411 e. The van der Waals surface area contributed by atoms with Crippen LogP contribution in [0.15, 0.2) is 48.0 Å². The van der Waals surface area contributed by atoms with Crippen LogP contribution in [0.25, 0.3) is 0 Å². The molecule has 2 aromatic rings. The Morgan fingerprint density at radius 3 is 1.74 bits per heavy atom. The fourth-order valence-electron chi connectivity index (χ4n) is 5.87. The molecule has 0 N–H and O–H groups in total. The van der Waals surface area contributed by atoms with E-state index in [-0.39, 0.29) is 36.2 Å². The van der Waals surface area contributed by atoms with Gasteiger partial charge in [-0.25, -0.2) is 4.79 Å². The Morgan fingerprint density at radius 1 is 0.848 bits per heavy atom. The summed E-state index contributed by atoms with van der Waals surface area (Å²) in [6.45, 7) is 19.5. The molecule has 3 amide bonds. The molecule has 0 fully saturated rings. The minimum absolute atomic E-state index is 0.0442. The quantitative estimate of drug-likeness (QED) is 0.306. The third kappa shape index (κ3) is 9.05. The maximum Gasteiger partial charge on any atom is 0.411 e. The number of carbonyl (C=O) groups is 3. The van der Waals surface area contributed by atoms with Crippen LogP contribution in [0, 0.1) is 11.8 Å². The Labute approximate surface area is 285 Å². The first-order valence-corrected chi connectivity index (χ1v) is 16.6. The average molecular weight is 674 g/mol. The van der Waals surface area contributed by atoms with Crippen molar-refractivity contribution in [1.82, 2.24) is 9.80 Å². The molecule has 2 aliphatic rings. The summed E-state index contributed by atoms with van der Waals surface area (Å²) in [4.78, 5) is 45.7. The van der Waals surface area contributed by atoms with E-state index in [0.29, 0.717) is 10.0 Å². The van der Waals surface area contributed by atoms with Gasteiger partial charge in [-0.15, -0.1) is 0 Å². The molecule has 0 aliphatic carbocycles. The molecule has 0 saturated carbocycles. The van der Waals surface area contributed by atoms with Gasteiger partial charge in [0.1, 0.15) is 11.6 Å². The zero-order valence-corrected chi connectivity index (χ0v) is 30.7. The van der Waals surface area contributed by atoms with Gasteiger partial charge in [0, 0.05) is 48.6 Å². The molecular formula is C36H50Cl2N4O4. The van der Waals surface area contributed by atoms with Gasteiger partial charge in [-0.1, -0.05) is 62.5 Å². The summed E-state index contributed by atoms with van der Waals surface area (Å²) in [5.41, 5.74) is 4.29. The first kappa shape index (κ1) is 37.4. The molecule has 0 bridgehead atoms. The highest BCUT2D eigenvalue weighted by atomic mass is 35.5. The van der Waals surface area contributed by atoms with E-state index in [0.717, 1.165) is 35.6 Å². The maximum atomic E-state index is 13.0. The fourth-order valence-corrected chi connectivity index (χ4v) is 6.26. The van der Waals surface area contributed by atoms with E-state index < -0.39 is 17.7 Å². The van der Waals surface area contributed by atoms with Crippen molar-refractivity contribution in [3.05, 3.63) is 69.2 Å². The zero-order valence-electron chi connectivity index (χ0n) is 29.1. The van der Waals surface area contributed by atoms with Crippen LogP contribution < -0.4 is 9.80 Å². The molecule has 2 aromatic carbocycles. The lowest BCUT2D eigenvalue weighted by molar-refractivity contribution is -0.125. The summed E-state index contributed by atoms with van der Waals surface area (Å²) < 4.78 is 5.53. The third-order valence-corrected chi connectivity index (χ3v) is 8.51. The largest absolute Gasteiger partial charge is 0.444 e. The van der Waals surface area contributed by atoms with E-state index in [1.54, 1.807) is 29.0 Å². The number of benzene rings is 2. The van der Waals surface area contributed by atoms with Crippen molar-refractivity contribution < 1.29 is 19.1 Å². The molecule has 2 aliphatic heterocycles. The van der Waals surface area contributed by atoms with Crippen LogP contribution in [0.1, 0.15) is 73.4 Å². The lowest BCUT2D eigenvalue weighted by Gasteiger charge is -2.34. The van der Waals surface area contributed by atoms with Crippen molar-refractivity contribution in [2.24, 2.45) is 11.8 Å². The van der Waals surface area contributed by atoms with Crippen LogP contribution in [0.5, 0.6) is 0 Å². The van der Waals surface area contributed by atoms with Crippen LogP contribution in [-0.4, -0.2) is 66.0 Å². The van der Waals surface area contributed by atoms with Crippen molar-refractivity contribution in [3.8, 4) is 0 Å².